The molecule has 0 aliphatic carbocycles. The van der Waals surface area contributed by atoms with Gasteiger partial charge in [-0.15, -0.1) is 11.8 Å². The Labute approximate surface area is 150 Å². The number of nitrogens with zero attached hydrogens (tertiary/aromatic N) is 2. The average molecular weight is 358 g/mol. The third-order valence-corrected chi connectivity index (χ3v) is 4.61. The van der Waals surface area contributed by atoms with Gasteiger partial charge in [0.1, 0.15) is 11.3 Å². The maximum Gasteiger partial charge on any atom is 0.341 e. The zero-order chi connectivity index (χ0) is 18.2. The number of methoxy groups -OCH3 is 1. The molecule has 0 saturated heterocycles. The van der Waals surface area contributed by atoms with Crippen molar-refractivity contribution in [1.82, 2.24) is 4.90 Å². The normalized spacial score (nSPS) is 10.1. The molecule has 0 N–H and O–H groups in total. The predicted molar refractivity (Wildman–Crippen MR) is 93.2 cm³/mol. The first-order valence-corrected chi connectivity index (χ1v) is 8.56. The van der Waals surface area contributed by atoms with E-state index in [2.05, 4.69) is 0 Å². The molecule has 0 spiro atoms. The number of benzene rings is 1. The van der Waals surface area contributed by atoms with Crippen LogP contribution >= 0.6 is 11.8 Å². The van der Waals surface area contributed by atoms with Crippen LogP contribution in [0.1, 0.15) is 32.9 Å². The Hall–Kier alpha value is -2.72. The number of amides is 1. The van der Waals surface area contributed by atoms with E-state index in [-0.39, 0.29) is 12.3 Å². The highest BCUT2D eigenvalue weighted by Gasteiger charge is 2.18. The minimum Gasteiger partial charge on any atom is -0.468 e. The number of ether oxygens (including phenoxy) is 1. The fourth-order valence-electron chi connectivity index (χ4n) is 2.18. The van der Waals surface area contributed by atoms with Crippen LogP contribution in [0.15, 0.2) is 45.9 Å². The summed E-state index contributed by atoms with van der Waals surface area (Å²) in [7, 11) is 2.99. The minimum absolute atomic E-state index is 0.147. The lowest BCUT2D eigenvalue weighted by Gasteiger charge is -2.17. The number of carbonyl (C=O) groups is 2. The van der Waals surface area contributed by atoms with E-state index in [1.54, 1.807) is 25.2 Å². The van der Waals surface area contributed by atoms with Crippen molar-refractivity contribution in [2.45, 2.75) is 17.1 Å². The van der Waals surface area contributed by atoms with Crippen molar-refractivity contribution in [2.24, 2.45) is 0 Å². The van der Waals surface area contributed by atoms with E-state index in [1.807, 2.05) is 18.2 Å². The lowest BCUT2D eigenvalue weighted by molar-refractivity contribution is 0.0598. The summed E-state index contributed by atoms with van der Waals surface area (Å²) in [6.45, 7) is 0.374. The van der Waals surface area contributed by atoms with E-state index in [9.17, 15) is 9.59 Å². The van der Waals surface area contributed by atoms with Crippen LogP contribution in [0.5, 0.6) is 0 Å². The topological polar surface area (TPSA) is 83.5 Å². The highest BCUT2D eigenvalue weighted by Crippen LogP contribution is 2.29. The molecule has 0 fully saturated rings. The van der Waals surface area contributed by atoms with Crippen LogP contribution in [0.4, 0.5) is 0 Å². The van der Waals surface area contributed by atoms with Crippen molar-refractivity contribution in [3.8, 4) is 6.07 Å². The lowest BCUT2D eigenvalue weighted by Crippen LogP contribution is -2.28. The van der Waals surface area contributed by atoms with E-state index in [4.69, 9.17) is 14.4 Å². The van der Waals surface area contributed by atoms with Crippen molar-refractivity contribution in [3.05, 3.63) is 53.5 Å². The van der Waals surface area contributed by atoms with Crippen LogP contribution < -0.4 is 0 Å². The summed E-state index contributed by atoms with van der Waals surface area (Å²) < 4.78 is 10.1. The van der Waals surface area contributed by atoms with E-state index in [0.29, 0.717) is 29.2 Å². The van der Waals surface area contributed by atoms with Crippen LogP contribution in [0.25, 0.3) is 0 Å². The highest BCUT2D eigenvalue weighted by molar-refractivity contribution is 7.98. The van der Waals surface area contributed by atoms with Gasteiger partial charge in [-0.05, 0) is 18.2 Å². The molecular formula is C18H18N2O4S. The Morgan fingerprint density at radius 2 is 2.04 bits per heavy atom. The van der Waals surface area contributed by atoms with Gasteiger partial charge < -0.3 is 14.1 Å². The molecule has 0 aliphatic heterocycles. The summed E-state index contributed by atoms with van der Waals surface area (Å²) in [6, 6.07) is 10.8. The van der Waals surface area contributed by atoms with Gasteiger partial charge in [0.15, 0.2) is 0 Å². The smallest absolute Gasteiger partial charge is 0.341 e. The van der Waals surface area contributed by atoms with Gasteiger partial charge in [-0.2, -0.15) is 5.26 Å². The maximum absolute atomic E-state index is 12.6. The Balaban J connectivity index is 2.14. The molecule has 2 rings (SSSR count). The van der Waals surface area contributed by atoms with E-state index < -0.39 is 5.97 Å². The average Bonchev–Trinajstić information content (AvgIpc) is 3.12. The first-order chi connectivity index (χ1) is 12.1. The zero-order valence-electron chi connectivity index (χ0n) is 14.0. The Kier molecular flexibility index (Phi) is 6.66. The second kappa shape index (κ2) is 8.94. The molecular weight excluding hydrogens is 340 g/mol. The molecule has 0 radical (unpaired) electrons. The number of hydrogen-bond acceptors (Lipinski definition) is 6. The quantitative estimate of drug-likeness (QED) is 0.557. The molecule has 6 nitrogen and oxygen atoms in total. The summed E-state index contributed by atoms with van der Waals surface area (Å²) in [5.74, 6) is 0.289. The van der Waals surface area contributed by atoms with Crippen LogP contribution in [0, 0.1) is 11.3 Å². The molecule has 0 saturated carbocycles. The van der Waals surface area contributed by atoms with Gasteiger partial charge in [-0.3, -0.25) is 4.79 Å². The van der Waals surface area contributed by atoms with Gasteiger partial charge in [0.2, 0.25) is 0 Å². The SMILES string of the molecule is COC(=O)c1ccoc1CSc1ccccc1C(=O)N(C)CCC#N. The number of esters is 1. The van der Waals surface area contributed by atoms with Gasteiger partial charge in [0, 0.05) is 18.5 Å². The first kappa shape index (κ1) is 18.6. The summed E-state index contributed by atoms with van der Waals surface area (Å²) in [6.07, 6.45) is 1.72. The van der Waals surface area contributed by atoms with Crippen molar-refractivity contribution in [2.75, 3.05) is 20.7 Å². The van der Waals surface area contributed by atoms with Crippen molar-refractivity contribution in [3.63, 3.8) is 0 Å². The fraction of sp³-hybridized carbons (Fsp3) is 0.278. The van der Waals surface area contributed by atoms with Gasteiger partial charge >= 0.3 is 5.97 Å². The number of thioether (sulfide) groups is 1. The number of nitriles is 1. The van der Waals surface area contributed by atoms with Gasteiger partial charge in [0.05, 0.1) is 37.2 Å². The van der Waals surface area contributed by atoms with Crippen molar-refractivity contribution in [1.29, 1.82) is 5.26 Å². The molecule has 1 amide bonds. The number of hydrogen-bond donors (Lipinski definition) is 0. The van der Waals surface area contributed by atoms with Crippen LogP contribution in [-0.2, 0) is 10.5 Å². The van der Waals surface area contributed by atoms with E-state index in [0.717, 1.165) is 4.90 Å². The fourth-order valence-corrected chi connectivity index (χ4v) is 3.18. The van der Waals surface area contributed by atoms with Crippen molar-refractivity contribution < 1.29 is 18.7 Å². The van der Waals surface area contributed by atoms with Gasteiger partial charge in [0.25, 0.3) is 5.91 Å². The molecule has 130 valence electrons. The minimum atomic E-state index is -0.454. The second-order valence-corrected chi connectivity index (χ2v) is 6.19. The lowest BCUT2D eigenvalue weighted by atomic mass is 10.2. The standard InChI is InChI=1S/C18H18N2O4S/c1-20(10-5-9-19)17(21)14-6-3-4-7-16(14)25-12-15-13(8-11-24-15)18(22)23-2/h3-4,6-8,11H,5,10,12H2,1-2H3. The van der Waals surface area contributed by atoms with Gasteiger partial charge in [-0.25, -0.2) is 4.79 Å². The van der Waals surface area contributed by atoms with E-state index in [1.165, 1.54) is 30.0 Å². The summed E-state index contributed by atoms with van der Waals surface area (Å²) >= 11 is 1.40. The number of rotatable bonds is 7. The molecule has 1 aromatic carbocycles. The van der Waals surface area contributed by atoms with Crippen LogP contribution in [0.3, 0.4) is 0 Å². The Bertz CT molecular complexity index is 794. The Morgan fingerprint density at radius 1 is 1.28 bits per heavy atom. The number of carbonyl (C=O) groups excluding carboxylic acids is 2. The predicted octanol–water partition coefficient (Wildman–Crippen LogP) is 3.34. The van der Waals surface area contributed by atoms with Gasteiger partial charge in [-0.1, -0.05) is 12.1 Å². The van der Waals surface area contributed by atoms with Crippen LogP contribution in [-0.4, -0.2) is 37.5 Å². The Morgan fingerprint density at radius 3 is 2.76 bits per heavy atom. The molecule has 1 heterocycles. The van der Waals surface area contributed by atoms with Crippen molar-refractivity contribution >= 4 is 23.6 Å². The summed E-state index contributed by atoms with van der Waals surface area (Å²) in [4.78, 5) is 26.6. The maximum atomic E-state index is 12.6. The highest BCUT2D eigenvalue weighted by atomic mass is 32.2. The first-order valence-electron chi connectivity index (χ1n) is 7.57. The monoisotopic (exact) mass is 358 g/mol. The third-order valence-electron chi connectivity index (χ3n) is 3.53. The molecule has 0 aliphatic rings. The van der Waals surface area contributed by atoms with Crippen LogP contribution in [0.2, 0.25) is 0 Å². The second-order valence-electron chi connectivity index (χ2n) is 5.17. The largest absolute Gasteiger partial charge is 0.468 e. The molecule has 0 atom stereocenters. The summed E-state index contributed by atoms with van der Waals surface area (Å²) in [5.41, 5.74) is 0.934. The molecule has 0 unspecified atom stereocenters. The molecule has 0 bridgehead atoms. The molecule has 2 aromatic rings. The molecule has 1 aromatic heterocycles. The third kappa shape index (κ3) is 4.64. The molecule has 25 heavy (non-hydrogen) atoms. The summed E-state index contributed by atoms with van der Waals surface area (Å²) in [5, 5.41) is 8.66. The molecule has 7 heteroatoms. The number of furan rings is 1. The zero-order valence-corrected chi connectivity index (χ0v) is 14.8. The van der Waals surface area contributed by atoms with E-state index >= 15 is 0 Å².